The zero-order valence-corrected chi connectivity index (χ0v) is 16.5. The van der Waals surface area contributed by atoms with Gasteiger partial charge in [0.25, 0.3) is 5.91 Å². The van der Waals surface area contributed by atoms with Gasteiger partial charge in [-0.1, -0.05) is 41.4 Å². The van der Waals surface area contributed by atoms with Crippen LogP contribution in [0, 0.1) is 6.92 Å². The largest absolute Gasteiger partial charge is 0.416 e. The molecule has 5 nitrogen and oxygen atoms in total. The average molecular weight is 404 g/mol. The molecule has 1 amide bonds. The smallest absolute Gasteiger partial charge is 0.251 e. The van der Waals surface area contributed by atoms with Crippen LogP contribution >= 0.6 is 11.6 Å². The van der Waals surface area contributed by atoms with E-state index >= 15 is 0 Å². The second kappa shape index (κ2) is 8.29. The van der Waals surface area contributed by atoms with Crippen LogP contribution in [-0.2, 0) is 6.54 Å². The van der Waals surface area contributed by atoms with E-state index in [4.69, 9.17) is 16.0 Å². The van der Waals surface area contributed by atoms with Crippen LogP contribution in [0.1, 0.15) is 21.5 Å². The van der Waals surface area contributed by atoms with Gasteiger partial charge in [-0.2, -0.15) is 0 Å². The van der Waals surface area contributed by atoms with E-state index in [1.54, 1.807) is 36.4 Å². The summed E-state index contributed by atoms with van der Waals surface area (Å²) < 4.78 is 5.79. The fourth-order valence-electron chi connectivity index (χ4n) is 2.89. The summed E-state index contributed by atoms with van der Waals surface area (Å²) in [6.07, 6.45) is 0. The van der Waals surface area contributed by atoms with Gasteiger partial charge in [-0.15, -0.1) is 10.2 Å². The van der Waals surface area contributed by atoms with Crippen LogP contribution < -0.4 is 5.32 Å². The Labute approximate surface area is 173 Å². The van der Waals surface area contributed by atoms with Crippen molar-refractivity contribution >= 4 is 17.5 Å². The minimum Gasteiger partial charge on any atom is -0.416 e. The Morgan fingerprint density at radius 2 is 1.62 bits per heavy atom. The van der Waals surface area contributed by atoms with Crippen molar-refractivity contribution in [2.24, 2.45) is 0 Å². The molecule has 6 heteroatoms. The Balaban J connectivity index is 1.43. The molecule has 1 N–H and O–H groups in total. The molecule has 0 radical (unpaired) electrons. The Hall–Kier alpha value is -3.44. The van der Waals surface area contributed by atoms with Crippen molar-refractivity contribution in [1.82, 2.24) is 15.5 Å². The van der Waals surface area contributed by atoms with Crippen LogP contribution in [0.2, 0.25) is 5.02 Å². The van der Waals surface area contributed by atoms with Crippen LogP contribution in [0.5, 0.6) is 0 Å². The number of aromatic nitrogens is 2. The van der Waals surface area contributed by atoms with E-state index in [2.05, 4.69) is 15.5 Å². The summed E-state index contributed by atoms with van der Waals surface area (Å²) in [7, 11) is 0. The van der Waals surface area contributed by atoms with Crippen LogP contribution in [0.15, 0.2) is 77.2 Å². The van der Waals surface area contributed by atoms with Gasteiger partial charge >= 0.3 is 0 Å². The molecule has 1 heterocycles. The highest BCUT2D eigenvalue weighted by Crippen LogP contribution is 2.24. The quantitative estimate of drug-likeness (QED) is 0.491. The number of nitrogens with zero attached hydrogens (tertiary/aromatic N) is 2. The molecule has 0 aliphatic heterocycles. The van der Waals surface area contributed by atoms with E-state index in [0.29, 0.717) is 28.9 Å². The number of benzene rings is 3. The number of aryl methyl sites for hydroxylation is 1. The normalized spacial score (nSPS) is 10.7. The van der Waals surface area contributed by atoms with Crippen LogP contribution in [-0.4, -0.2) is 16.1 Å². The van der Waals surface area contributed by atoms with Gasteiger partial charge in [-0.05, 0) is 61.0 Å². The van der Waals surface area contributed by atoms with E-state index < -0.39 is 0 Å². The standard InChI is InChI=1S/C23H18ClN3O2/c1-15-3-2-4-19(13-15)23-27-26-22(29-23)18-9-7-17(8-10-18)21(28)25-14-16-5-11-20(24)12-6-16/h2-13H,14H2,1H3,(H,25,28). The molecule has 0 spiro atoms. The van der Waals surface area contributed by atoms with E-state index in [1.165, 1.54) is 0 Å². The molecular weight excluding hydrogens is 386 g/mol. The Morgan fingerprint density at radius 1 is 0.931 bits per heavy atom. The predicted molar refractivity (Wildman–Crippen MR) is 113 cm³/mol. The highest BCUT2D eigenvalue weighted by molar-refractivity contribution is 6.30. The van der Waals surface area contributed by atoms with Crippen molar-refractivity contribution in [3.63, 3.8) is 0 Å². The molecule has 0 saturated heterocycles. The highest BCUT2D eigenvalue weighted by Gasteiger charge is 2.12. The van der Waals surface area contributed by atoms with Crippen molar-refractivity contribution in [2.75, 3.05) is 0 Å². The highest BCUT2D eigenvalue weighted by atomic mass is 35.5. The van der Waals surface area contributed by atoms with E-state index in [-0.39, 0.29) is 5.91 Å². The molecule has 29 heavy (non-hydrogen) atoms. The third kappa shape index (κ3) is 4.52. The predicted octanol–water partition coefficient (Wildman–Crippen LogP) is 5.30. The third-order valence-corrected chi connectivity index (χ3v) is 4.70. The Bertz CT molecular complexity index is 1140. The molecule has 0 atom stereocenters. The summed E-state index contributed by atoms with van der Waals surface area (Å²) in [6.45, 7) is 2.44. The second-order valence-electron chi connectivity index (χ2n) is 6.67. The molecule has 3 aromatic carbocycles. The zero-order valence-electron chi connectivity index (χ0n) is 15.7. The lowest BCUT2D eigenvalue weighted by Crippen LogP contribution is -2.22. The van der Waals surface area contributed by atoms with Gasteiger partial charge < -0.3 is 9.73 Å². The number of amides is 1. The fourth-order valence-corrected chi connectivity index (χ4v) is 3.01. The molecule has 0 saturated carbocycles. The average Bonchev–Trinajstić information content (AvgIpc) is 3.24. The number of hydrogen-bond donors (Lipinski definition) is 1. The van der Waals surface area contributed by atoms with E-state index in [9.17, 15) is 4.79 Å². The molecule has 0 fully saturated rings. The van der Waals surface area contributed by atoms with Crippen LogP contribution in [0.4, 0.5) is 0 Å². The first kappa shape index (κ1) is 18.9. The summed E-state index contributed by atoms with van der Waals surface area (Å²) in [5, 5.41) is 11.8. The van der Waals surface area contributed by atoms with Gasteiger partial charge in [0.1, 0.15) is 0 Å². The molecule has 0 aliphatic carbocycles. The number of carbonyl (C=O) groups is 1. The second-order valence-corrected chi connectivity index (χ2v) is 7.10. The number of hydrogen-bond acceptors (Lipinski definition) is 4. The Morgan fingerprint density at radius 3 is 2.31 bits per heavy atom. The molecule has 4 aromatic rings. The first-order valence-electron chi connectivity index (χ1n) is 9.12. The maximum atomic E-state index is 12.4. The first-order valence-corrected chi connectivity index (χ1v) is 9.50. The summed E-state index contributed by atoms with van der Waals surface area (Å²) in [5.74, 6) is 0.723. The summed E-state index contributed by atoms with van der Waals surface area (Å²) in [4.78, 5) is 12.4. The molecule has 0 aliphatic rings. The van der Waals surface area contributed by atoms with Gasteiger partial charge in [0.05, 0.1) is 0 Å². The number of nitrogens with one attached hydrogen (secondary N) is 1. The van der Waals surface area contributed by atoms with E-state index in [1.807, 2.05) is 43.3 Å². The van der Waals surface area contributed by atoms with Gasteiger partial charge in [-0.3, -0.25) is 4.79 Å². The van der Waals surface area contributed by atoms with Crippen LogP contribution in [0.25, 0.3) is 22.9 Å². The maximum absolute atomic E-state index is 12.4. The molecule has 0 bridgehead atoms. The van der Waals surface area contributed by atoms with Gasteiger partial charge in [0.15, 0.2) is 0 Å². The lowest BCUT2D eigenvalue weighted by atomic mass is 10.1. The van der Waals surface area contributed by atoms with Crippen molar-refractivity contribution < 1.29 is 9.21 Å². The van der Waals surface area contributed by atoms with Crippen LogP contribution in [0.3, 0.4) is 0 Å². The number of halogens is 1. The first-order chi connectivity index (χ1) is 14.1. The van der Waals surface area contributed by atoms with Gasteiger partial charge in [0.2, 0.25) is 11.8 Å². The van der Waals surface area contributed by atoms with Gasteiger partial charge in [-0.25, -0.2) is 0 Å². The third-order valence-electron chi connectivity index (χ3n) is 4.45. The van der Waals surface area contributed by atoms with Crippen molar-refractivity contribution in [3.05, 3.63) is 94.5 Å². The molecular formula is C23H18ClN3O2. The summed E-state index contributed by atoms with van der Waals surface area (Å²) in [5.41, 5.74) is 4.29. The molecule has 4 rings (SSSR count). The summed E-state index contributed by atoms with van der Waals surface area (Å²) >= 11 is 5.87. The SMILES string of the molecule is Cc1cccc(-c2nnc(-c3ccc(C(=O)NCc4ccc(Cl)cc4)cc3)o2)c1. The zero-order chi connectivity index (χ0) is 20.2. The van der Waals surface area contributed by atoms with Gasteiger partial charge in [0, 0.05) is 28.3 Å². The molecule has 1 aromatic heterocycles. The topological polar surface area (TPSA) is 68.0 Å². The Kier molecular flexibility index (Phi) is 5.40. The van der Waals surface area contributed by atoms with Crippen molar-refractivity contribution in [1.29, 1.82) is 0 Å². The molecule has 0 unspecified atom stereocenters. The minimum atomic E-state index is -0.155. The molecule has 144 valence electrons. The summed E-state index contributed by atoms with van der Waals surface area (Å²) in [6, 6.07) is 22.3. The monoisotopic (exact) mass is 403 g/mol. The number of carbonyl (C=O) groups excluding carboxylic acids is 1. The minimum absolute atomic E-state index is 0.155. The van der Waals surface area contributed by atoms with Crippen molar-refractivity contribution in [3.8, 4) is 22.9 Å². The maximum Gasteiger partial charge on any atom is 0.251 e. The number of rotatable bonds is 5. The fraction of sp³-hybridized carbons (Fsp3) is 0.0870. The van der Waals surface area contributed by atoms with E-state index in [0.717, 1.165) is 22.3 Å². The lowest BCUT2D eigenvalue weighted by Gasteiger charge is -2.06. The van der Waals surface area contributed by atoms with Crippen molar-refractivity contribution in [2.45, 2.75) is 13.5 Å². The lowest BCUT2D eigenvalue weighted by molar-refractivity contribution is 0.0951.